The molecule has 2 aliphatic rings. The summed E-state index contributed by atoms with van der Waals surface area (Å²) in [6.07, 6.45) is 0.663. The summed E-state index contributed by atoms with van der Waals surface area (Å²) < 4.78 is 55.8. The maximum absolute atomic E-state index is 14.9. The first-order chi connectivity index (χ1) is 17.2. The Morgan fingerprint density at radius 3 is 2.50 bits per heavy atom. The van der Waals surface area contributed by atoms with Crippen LogP contribution in [0, 0.1) is 5.92 Å². The molecule has 1 aliphatic heterocycles. The number of nitrogens with zero attached hydrogens (tertiary/aromatic N) is 5. The van der Waals surface area contributed by atoms with E-state index in [-0.39, 0.29) is 30.8 Å². The minimum Gasteiger partial charge on any atom is -0.349 e. The summed E-state index contributed by atoms with van der Waals surface area (Å²) in [5.74, 6) is 0.612. The van der Waals surface area contributed by atoms with Gasteiger partial charge in [-0.25, -0.2) is 14.4 Å². The van der Waals surface area contributed by atoms with Crippen molar-refractivity contribution >= 4 is 22.6 Å². The van der Waals surface area contributed by atoms with Crippen molar-refractivity contribution in [2.24, 2.45) is 5.92 Å². The molecule has 0 bridgehead atoms. The van der Waals surface area contributed by atoms with Crippen LogP contribution in [0.3, 0.4) is 0 Å². The first-order valence-corrected chi connectivity index (χ1v) is 12.3. The van der Waals surface area contributed by atoms with Gasteiger partial charge in [0, 0.05) is 37.8 Å². The topological polar surface area (TPSA) is 54.3 Å². The molecule has 1 aliphatic carbocycles. The Morgan fingerprint density at radius 1 is 1.11 bits per heavy atom. The Bertz CT molecular complexity index is 1220. The number of likely N-dealkylation sites (tertiary alicyclic amines) is 1. The van der Waals surface area contributed by atoms with Gasteiger partial charge in [0.2, 0.25) is 0 Å². The van der Waals surface area contributed by atoms with Crippen LogP contribution in [-0.4, -0.2) is 57.1 Å². The fourth-order valence-corrected chi connectivity index (χ4v) is 5.06. The van der Waals surface area contributed by atoms with Crippen molar-refractivity contribution in [2.75, 3.05) is 24.5 Å². The Hall–Kier alpha value is -3.01. The maximum Gasteiger partial charge on any atom is 0.416 e. The molecule has 0 N–H and O–H groups in total. The van der Waals surface area contributed by atoms with Gasteiger partial charge < -0.3 is 9.47 Å². The third-order valence-electron chi connectivity index (χ3n) is 7.07. The van der Waals surface area contributed by atoms with Crippen LogP contribution in [0.25, 0.3) is 11.0 Å². The van der Waals surface area contributed by atoms with E-state index in [1.807, 2.05) is 21.7 Å². The number of piperidine rings is 1. The molecular formula is C26H29F4N5O. The molecule has 1 saturated heterocycles. The van der Waals surface area contributed by atoms with Crippen molar-refractivity contribution < 1.29 is 22.4 Å². The molecule has 3 aromatic rings. The second-order valence-corrected chi connectivity index (χ2v) is 9.96. The second kappa shape index (κ2) is 9.80. The monoisotopic (exact) mass is 503 g/mol. The molecule has 1 unspecified atom stereocenters. The van der Waals surface area contributed by atoms with Crippen LogP contribution in [0.2, 0.25) is 0 Å². The van der Waals surface area contributed by atoms with E-state index in [2.05, 4.69) is 14.9 Å². The van der Waals surface area contributed by atoms with Gasteiger partial charge in [-0.2, -0.15) is 13.2 Å². The van der Waals surface area contributed by atoms with E-state index in [4.69, 9.17) is 0 Å². The van der Waals surface area contributed by atoms with E-state index in [0.717, 1.165) is 47.4 Å². The zero-order chi connectivity index (χ0) is 25.4. The number of ketones is 1. The lowest BCUT2D eigenvalue weighted by Gasteiger charge is -2.34. The lowest BCUT2D eigenvalue weighted by atomic mass is 9.94. The number of anilines is 1. The predicted molar refractivity (Wildman–Crippen MR) is 128 cm³/mol. The highest BCUT2D eigenvalue weighted by Crippen LogP contribution is 2.36. The van der Waals surface area contributed by atoms with Gasteiger partial charge in [-0.05, 0) is 56.5 Å². The van der Waals surface area contributed by atoms with E-state index < -0.39 is 17.9 Å². The summed E-state index contributed by atoms with van der Waals surface area (Å²) in [5.41, 5.74) is 0.833. The van der Waals surface area contributed by atoms with Crippen LogP contribution in [0.5, 0.6) is 0 Å². The Morgan fingerprint density at radius 2 is 1.86 bits per heavy atom. The van der Waals surface area contributed by atoms with E-state index in [0.29, 0.717) is 26.1 Å². The summed E-state index contributed by atoms with van der Waals surface area (Å²) in [5, 5.41) is 0.848. The number of carbonyl (C=O) groups excluding carboxylic acids is 1. The highest BCUT2D eigenvalue weighted by atomic mass is 19.4. The van der Waals surface area contributed by atoms with Crippen molar-refractivity contribution in [1.82, 2.24) is 19.4 Å². The zero-order valence-electron chi connectivity index (χ0n) is 20.1. The SMILES string of the molecule is CC(=O)CN1CCC(Cn2ccc3c(N(Cc4ccc(C(F)(F)F)cc4)C4CC4)ncnc32)[C@@H](F)C1. The van der Waals surface area contributed by atoms with E-state index >= 15 is 0 Å². The summed E-state index contributed by atoms with van der Waals surface area (Å²) in [6, 6.07) is 7.46. The molecule has 2 fully saturated rings. The first kappa shape index (κ1) is 24.7. The fourth-order valence-electron chi connectivity index (χ4n) is 5.06. The van der Waals surface area contributed by atoms with E-state index in [9.17, 15) is 22.4 Å². The molecule has 5 rings (SSSR count). The largest absolute Gasteiger partial charge is 0.416 e. The normalized spacial score (nSPS) is 21.1. The number of hydrogen-bond donors (Lipinski definition) is 0. The van der Waals surface area contributed by atoms with Crippen LogP contribution < -0.4 is 4.90 Å². The average molecular weight is 504 g/mol. The van der Waals surface area contributed by atoms with Gasteiger partial charge >= 0.3 is 6.18 Å². The average Bonchev–Trinajstić information content (AvgIpc) is 3.59. The molecule has 36 heavy (non-hydrogen) atoms. The van der Waals surface area contributed by atoms with Gasteiger partial charge in [0.25, 0.3) is 0 Å². The van der Waals surface area contributed by atoms with E-state index in [1.165, 1.54) is 25.4 Å². The molecule has 2 aromatic heterocycles. The summed E-state index contributed by atoms with van der Waals surface area (Å²) in [6.45, 7) is 3.68. The number of benzene rings is 1. The minimum absolute atomic E-state index is 0.0396. The predicted octanol–water partition coefficient (Wildman–Crippen LogP) is 4.87. The van der Waals surface area contributed by atoms with Crippen molar-refractivity contribution in [1.29, 1.82) is 0 Å². The van der Waals surface area contributed by atoms with Crippen molar-refractivity contribution in [3.8, 4) is 0 Å². The third-order valence-corrected chi connectivity index (χ3v) is 7.07. The van der Waals surface area contributed by atoms with Gasteiger partial charge in [0.1, 0.15) is 29.7 Å². The van der Waals surface area contributed by atoms with Crippen LogP contribution >= 0.6 is 0 Å². The number of fused-ring (bicyclic) bond motifs is 1. The molecule has 1 aromatic carbocycles. The van der Waals surface area contributed by atoms with Crippen LogP contribution in [0.15, 0.2) is 42.9 Å². The summed E-state index contributed by atoms with van der Waals surface area (Å²) >= 11 is 0. The van der Waals surface area contributed by atoms with Crippen molar-refractivity contribution in [3.63, 3.8) is 0 Å². The van der Waals surface area contributed by atoms with Crippen molar-refractivity contribution in [2.45, 2.75) is 57.7 Å². The number of alkyl halides is 4. The molecule has 6 nitrogen and oxygen atoms in total. The van der Waals surface area contributed by atoms with Crippen LogP contribution in [-0.2, 0) is 24.1 Å². The van der Waals surface area contributed by atoms with Crippen LogP contribution in [0.1, 0.15) is 37.3 Å². The second-order valence-electron chi connectivity index (χ2n) is 9.96. The molecule has 3 heterocycles. The Balaban J connectivity index is 1.34. The third kappa shape index (κ3) is 5.38. The Kier molecular flexibility index (Phi) is 6.72. The molecule has 10 heteroatoms. The zero-order valence-corrected chi connectivity index (χ0v) is 20.1. The Labute approximate surface area is 206 Å². The molecule has 0 amide bonds. The van der Waals surface area contributed by atoms with Crippen molar-refractivity contribution in [3.05, 3.63) is 54.0 Å². The van der Waals surface area contributed by atoms with Crippen LogP contribution in [0.4, 0.5) is 23.4 Å². The van der Waals surface area contributed by atoms with Gasteiger partial charge in [0.15, 0.2) is 0 Å². The molecular weight excluding hydrogens is 474 g/mol. The molecule has 0 spiro atoms. The maximum atomic E-state index is 14.9. The number of Topliss-reactive ketones (excluding diaryl/α,β-unsaturated/α-hetero) is 1. The molecule has 1 saturated carbocycles. The number of halogens is 4. The summed E-state index contributed by atoms with van der Waals surface area (Å²) in [4.78, 5) is 24.4. The van der Waals surface area contributed by atoms with Gasteiger partial charge in [-0.15, -0.1) is 0 Å². The quantitative estimate of drug-likeness (QED) is 0.411. The lowest BCUT2D eigenvalue weighted by Crippen LogP contribution is -2.44. The van der Waals surface area contributed by atoms with Gasteiger partial charge in [-0.1, -0.05) is 12.1 Å². The standard InChI is InChI=1S/C26H29F4N5O/c1-17(36)12-33-10-8-19(23(27)15-33)14-34-11-9-22-24(34)31-16-32-25(22)35(21-6-7-21)13-18-2-4-20(5-3-18)26(28,29)30/h2-5,9,11,16,19,21,23H,6-8,10,12-15H2,1H3/t19?,23-/m0/s1. The highest BCUT2D eigenvalue weighted by molar-refractivity contribution is 5.88. The lowest BCUT2D eigenvalue weighted by molar-refractivity contribution is -0.137. The minimum atomic E-state index is -4.36. The highest BCUT2D eigenvalue weighted by Gasteiger charge is 2.34. The smallest absolute Gasteiger partial charge is 0.349 e. The fraction of sp³-hybridized carbons (Fsp3) is 0.500. The molecule has 0 radical (unpaired) electrons. The van der Waals surface area contributed by atoms with Gasteiger partial charge in [-0.3, -0.25) is 9.69 Å². The number of hydrogen-bond acceptors (Lipinski definition) is 5. The summed E-state index contributed by atoms with van der Waals surface area (Å²) in [7, 11) is 0. The van der Waals surface area contributed by atoms with Gasteiger partial charge in [0.05, 0.1) is 17.5 Å². The molecule has 192 valence electrons. The number of carbonyl (C=O) groups is 1. The number of aromatic nitrogens is 3. The first-order valence-electron chi connectivity index (χ1n) is 12.3. The number of rotatable bonds is 8. The van der Waals surface area contributed by atoms with E-state index in [1.54, 1.807) is 0 Å². The molecule has 2 atom stereocenters.